The Morgan fingerprint density at radius 3 is 3.05 bits per heavy atom. The molecule has 3 rings (SSSR count). The summed E-state index contributed by atoms with van der Waals surface area (Å²) < 4.78 is 30.5. The van der Waals surface area contributed by atoms with E-state index in [2.05, 4.69) is 14.8 Å². The standard InChI is InChI=1S/C11H15N5O2S/c1-15-7-11(12-8-15)19(17,18)14-9-3-5-16-10(6-9)2-4-13-16/h2,4,7-9,14H,3,5-6H2,1H3. The quantitative estimate of drug-likeness (QED) is 0.852. The monoisotopic (exact) mass is 281 g/mol. The fourth-order valence-corrected chi connectivity index (χ4v) is 3.53. The van der Waals surface area contributed by atoms with E-state index in [1.54, 1.807) is 17.8 Å². The second-order valence-corrected chi connectivity index (χ2v) is 6.39. The van der Waals surface area contributed by atoms with Gasteiger partial charge in [0.05, 0.1) is 6.33 Å². The highest BCUT2D eigenvalue weighted by Gasteiger charge is 2.25. The summed E-state index contributed by atoms with van der Waals surface area (Å²) in [5.74, 6) is 0. The van der Waals surface area contributed by atoms with Gasteiger partial charge in [-0.2, -0.15) is 5.10 Å². The van der Waals surface area contributed by atoms with Crippen molar-refractivity contribution in [2.75, 3.05) is 0 Å². The zero-order valence-corrected chi connectivity index (χ0v) is 11.3. The lowest BCUT2D eigenvalue weighted by Crippen LogP contribution is -2.40. The van der Waals surface area contributed by atoms with Crippen molar-refractivity contribution in [2.45, 2.75) is 30.5 Å². The second-order valence-electron chi connectivity index (χ2n) is 4.73. The average Bonchev–Trinajstić information content (AvgIpc) is 2.96. The summed E-state index contributed by atoms with van der Waals surface area (Å²) in [5.41, 5.74) is 1.06. The van der Waals surface area contributed by atoms with Crippen molar-refractivity contribution in [1.82, 2.24) is 24.1 Å². The van der Waals surface area contributed by atoms with Crippen LogP contribution in [-0.4, -0.2) is 33.8 Å². The molecule has 0 spiro atoms. The first-order valence-corrected chi connectivity index (χ1v) is 7.54. The third kappa shape index (κ3) is 2.41. The highest BCUT2D eigenvalue weighted by Crippen LogP contribution is 2.16. The molecule has 0 aromatic carbocycles. The van der Waals surface area contributed by atoms with Crippen LogP contribution in [0.5, 0.6) is 0 Å². The Hall–Kier alpha value is -1.67. The van der Waals surface area contributed by atoms with Gasteiger partial charge in [-0.3, -0.25) is 4.68 Å². The molecule has 0 amide bonds. The van der Waals surface area contributed by atoms with Crippen LogP contribution in [0.2, 0.25) is 0 Å². The first-order valence-electron chi connectivity index (χ1n) is 6.05. The number of sulfonamides is 1. The van der Waals surface area contributed by atoms with Crippen molar-refractivity contribution in [2.24, 2.45) is 7.05 Å². The average molecular weight is 281 g/mol. The molecular formula is C11H15N5O2S. The predicted octanol–water partition coefficient (Wildman–Crippen LogP) is -0.0901. The van der Waals surface area contributed by atoms with Crippen molar-refractivity contribution in [3.05, 3.63) is 30.5 Å². The minimum Gasteiger partial charge on any atom is -0.339 e. The summed E-state index contributed by atoms with van der Waals surface area (Å²) in [7, 11) is -1.80. The smallest absolute Gasteiger partial charge is 0.259 e. The van der Waals surface area contributed by atoms with Gasteiger partial charge >= 0.3 is 0 Å². The van der Waals surface area contributed by atoms with Gasteiger partial charge in [-0.05, 0) is 12.5 Å². The van der Waals surface area contributed by atoms with Crippen LogP contribution in [0.25, 0.3) is 0 Å². The molecule has 1 aliphatic heterocycles. The minimum absolute atomic E-state index is 0.0640. The molecular weight excluding hydrogens is 266 g/mol. The van der Waals surface area contributed by atoms with Crippen LogP contribution in [-0.2, 0) is 30.0 Å². The summed E-state index contributed by atoms with van der Waals surface area (Å²) in [6.07, 6.45) is 6.11. The number of hydrogen-bond acceptors (Lipinski definition) is 4. The van der Waals surface area contributed by atoms with E-state index in [4.69, 9.17) is 0 Å². The number of nitrogens with zero attached hydrogens (tertiary/aromatic N) is 4. The van der Waals surface area contributed by atoms with Gasteiger partial charge in [0, 0.05) is 44.1 Å². The molecule has 2 aromatic heterocycles. The maximum absolute atomic E-state index is 12.2. The van der Waals surface area contributed by atoms with Crippen LogP contribution in [0.15, 0.2) is 29.8 Å². The third-order valence-corrected chi connectivity index (χ3v) is 4.63. The lowest BCUT2D eigenvalue weighted by atomic mass is 10.1. The molecule has 0 radical (unpaired) electrons. The lowest BCUT2D eigenvalue weighted by molar-refractivity contribution is 0.414. The van der Waals surface area contributed by atoms with Gasteiger partial charge in [0.15, 0.2) is 5.03 Å². The topological polar surface area (TPSA) is 81.8 Å². The Bertz CT molecular complexity index is 688. The number of fused-ring (bicyclic) bond motifs is 1. The number of nitrogens with one attached hydrogen (secondary N) is 1. The van der Waals surface area contributed by atoms with Crippen LogP contribution >= 0.6 is 0 Å². The Balaban J connectivity index is 1.76. The van der Waals surface area contributed by atoms with E-state index in [-0.39, 0.29) is 11.1 Å². The summed E-state index contributed by atoms with van der Waals surface area (Å²) >= 11 is 0. The summed E-state index contributed by atoms with van der Waals surface area (Å²) in [6.45, 7) is 0.734. The van der Waals surface area contributed by atoms with Crippen LogP contribution in [0.4, 0.5) is 0 Å². The SMILES string of the molecule is Cn1cnc(S(=O)(=O)NC2CCn3nccc3C2)c1. The second kappa shape index (κ2) is 4.46. The number of imidazole rings is 1. The van der Waals surface area contributed by atoms with Gasteiger partial charge in [0.2, 0.25) is 0 Å². The lowest BCUT2D eigenvalue weighted by Gasteiger charge is -2.23. The molecule has 3 heterocycles. The number of hydrogen-bond donors (Lipinski definition) is 1. The first kappa shape index (κ1) is 12.4. The molecule has 0 aliphatic carbocycles. The Morgan fingerprint density at radius 2 is 2.32 bits per heavy atom. The molecule has 2 aromatic rings. The van der Waals surface area contributed by atoms with Crippen molar-refractivity contribution in [3.63, 3.8) is 0 Å². The van der Waals surface area contributed by atoms with Crippen LogP contribution < -0.4 is 4.72 Å². The first-order chi connectivity index (χ1) is 9.04. The van der Waals surface area contributed by atoms with Gasteiger partial charge in [-0.15, -0.1) is 0 Å². The molecule has 1 aliphatic rings. The Labute approximate surface area is 111 Å². The summed E-state index contributed by atoms with van der Waals surface area (Å²) in [4.78, 5) is 3.88. The highest BCUT2D eigenvalue weighted by atomic mass is 32.2. The minimum atomic E-state index is -3.54. The molecule has 19 heavy (non-hydrogen) atoms. The highest BCUT2D eigenvalue weighted by molar-refractivity contribution is 7.89. The van der Waals surface area contributed by atoms with Gasteiger partial charge in [0.25, 0.3) is 10.0 Å². The molecule has 0 saturated heterocycles. The molecule has 102 valence electrons. The van der Waals surface area contributed by atoms with Crippen molar-refractivity contribution in [1.29, 1.82) is 0 Å². The third-order valence-electron chi connectivity index (χ3n) is 3.23. The van der Waals surface area contributed by atoms with Gasteiger partial charge in [-0.25, -0.2) is 18.1 Å². The van der Waals surface area contributed by atoms with E-state index in [1.165, 1.54) is 12.5 Å². The Morgan fingerprint density at radius 1 is 1.47 bits per heavy atom. The van der Waals surface area contributed by atoms with E-state index >= 15 is 0 Å². The normalized spacial score (nSPS) is 19.3. The Kier molecular flexibility index (Phi) is 2.90. The zero-order valence-electron chi connectivity index (χ0n) is 10.5. The van der Waals surface area contributed by atoms with Crippen LogP contribution in [0.3, 0.4) is 0 Å². The van der Waals surface area contributed by atoms with E-state index in [9.17, 15) is 8.42 Å². The van der Waals surface area contributed by atoms with E-state index in [0.29, 0.717) is 6.42 Å². The maximum Gasteiger partial charge on any atom is 0.259 e. The molecule has 0 saturated carbocycles. The van der Waals surface area contributed by atoms with E-state index in [1.807, 2.05) is 10.7 Å². The van der Waals surface area contributed by atoms with Crippen molar-refractivity contribution >= 4 is 10.0 Å². The van der Waals surface area contributed by atoms with Gasteiger partial charge in [0.1, 0.15) is 0 Å². The zero-order chi connectivity index (χ0) is 13.5. The fourth-order valence-electron chi connectivity index (χ4n) is 2.28. The van der Waals surface area contributed by atoms with E-state index in [0.717, 1.165) is 18.7 Å². The van der Waals surface area contributed by atoms with Gasteiger partial charge < -0.3 is 4.57 Å². The molecule has 8 heteroatoms. The van der Waals surface area contributed by atoms with E-state index < -0.39 is 10.0 Å². The number of aryl methyl sites for hydroxylation is 2. The van der Waals surface area contributed by atoms with Crippen LogP contribution in [0, 0.1) is 0 Å². The van der Waals surface area contributed by atoms with Gasteiger partial charge in [-0.1, -0.05) is 0 Å². The summed E-state index contributed by atoms with van der Waals surface area (Å²) in [6, 6.07) is 1.82. The molecule has 1 unspecified atom stereocenters. The molecule has 7 nitrogen and oxygen atoms in total. The molecule has 1 N–H and O–H groups in total. The summed E-state index contributed by atoms with van der Waals surface area (Å²) in [5, 5.41) is 4.24. The van der Waals surface area contributed by atoms with Crippen molar-refractivity contribution in [3.8, 4) is 0 Å². The predicted molar refractivity (Wildman–Crippen MR) is 67.9 cm³/mol. The largest absolute Gasteiger partial charge is 0.339 e. The number of aromatic nitrogens is 4. The molecule has 0 bridgehead atoms. The maximum atomic E-state index is 12.2. The van der Waals surface area contributed by atoms with Crippen LogP contribution in [0.1, 0.15) is 12.1 Å². The van der Waals surface area contributed by atoms with Crippen molar-refractivity contribution < 1.29 is 8.42 Å². The molecule has 0 fully saturated rings. The number of rotatable bonds is 3. The fraction of sp³-hybridized carbons (Fsp3) is 0.455. The molecule has 1 atom stereocenters.